The van der Waals surface area contributed by atoms with Crippen LogP contribution in [-0.2, 0) is 4.74 Å². The molecular formula is C20H18FN3O2S. The van der Waals surface area contributed by atoms with E-state index in [-0.39, 0.29) is 11.7 Å². The Hall–Kier alpha value is -3.19. The minimum Gasteiger partial charge on any atom is -0.501 e. The summed E-state index contributed by atoms with van der Waals surface area (Å²) in [4.78, 5) is 18.1. The second-order valence-corrected chi connectivity index (χ2v) is 6.64. The van der Waals surface area contributed by atoms with Crippen molar-refractivity contribution in [2.24, 2.45) is 0 Å². The normalized spacial score (nSPS) is 12.0. The van der Waals surface area contributed by atoms with Crippen molar-refractivity contribution in [3.05, 3.63) is 63.9 Å². The van der Waals surface area contributed by atoms with Gasteiger partial charge in [-0.25, -0.2) is 9.37 Å². The van der Waals surface area contributed by atoms with Gasteiger partial charge in [0.15, 0.2) is 0 Å². The van der Waals surface area contributed by atoms with Gasteiger partial charge in [0.1, 0.15) is 15.5 Å². The Bertz CT molecular complexity index is 1120. The zero-order valence-corrected chi connectivity index (χ0v) is 15.5. The molecule has 1 aromatic carbocycles. The molecule has 0 saturated heterocycles. The molecule has 138 valence electrons. The van der Waals surface area contributed by atoms with Crippen molar-refractivity contribution in [3.63, 3.8) is 0 Å². The molecule has 0 aliphatic carbocycles. The fourth-order valence-electron chi connectivity index (χ4n) is 2.41. The molecule has 3 aromatic rings. The molecule has 3 rings (SSSR count). The van der Waals surface area contributed by atoms with E-state index in [0.29, 0.717) is 43.6 Å². The quantitative estimate of drug-likeness (QED) is 0.664. The van der Waals surface area contributed by atoms with Crippen molar-refractivity contribution in [2.75, 3.05) is 17.7 Å². The summed E-state index contributed by atoms with van der Waals surface area (Å²) < 4.78 is 18.1. The van der Waals surface area contributed by atoms with Crippen molar-refractivity contribution in [1.29, 1.82) is 0 Å². The maximum atomic E-state index is 13.0. The van der Waals surface area contributed by atoms with Crippen molar-refractivity contribution >= 4 is 51.5 Å². The highest BCUT2D eigenvalue weighted by Gasteiger charge is 2.17. The van der Waals surface area contributed by atoms with Crippen molar-refractivity contribution < 1.29 is 13.9 Å². The number of fused-ring (bicyclic) bond motifs is 1. The first-order valence-electron chi connectivity index (χ1n) is 8.23. The summed E-state index contributed by atoms with van der Waals surface area (Å²) in [6.45, 7) is 6.47. The van der Waals surface area contributed by atoms with Gasteiger partial charge in [-0.2, -0.15) is 0 Å². The highest BCUT2D eigenvalue weighted by atomic mass is 32.1. The van der Waals surface area contributed by atoms with E-state index < -0.39 is 0 Å². The fraction of sp³-hybridized carbons (Fsp3) is 0.100. The van der Waals surface area contributed by atoms with Crippen molar-refractivity contribution in [1.82, 2.24) is 4.98 Å². The van der Waals surface area contributed by atoms with Gasteiger partial charge in [-0.1, -0.05) is 6.58 Å². The number of carbonyl (C=O) groups excluding carboxylic acids is 1. The number of nitrogens with two attached hydrogens (primary N) is 1. The fourth-order valence-corrected chi connectivity index (χ4v) is 3.39. The number of carbonyl (C=O) groups is 1. The Morgan fingerprint density at radius 3 is 2.85 bits per heavy atom. The minimum absolute atomic E-state index is 0.350. The highest BCUT2D eigenvalue weighted by Crippen LogP contribution is 2.31. The molecule has 0 atom stereocenters. The van der Waals surface area contributed by atoms with Crippen LogP contribution in [0.5, 0.6) is 0 Å². The third kappa shape index (κ3) is 4.15. The molecule has 0 saturated carbocycles. The summed E-state index contributed by atoms with van der Waals surface area (Å²) in [6, 6.07) is 7.33. The van der Waals surface area contributed by atoms with Gasteiger partial charge in [0, 0.05) is 11.1 Å². The number of benzene rings is 1. The van der Waals surface area contributed by atoms with E-state index in [0.717, 1.165) is 0 Å². The van der Waals surface area contributed by atoms with Gasteiger partial charge in [-0.15, -0.1) is 11.3 Å². The van der Waals surface area contributed by atoms with E-state index >= 15 is 0 Å². The molecular weight excluding hydrogens is 365 g/mol. The zero-order chi connectivity index (χ0) is 19.4. The second-order valence-electron chi connectivity index (χ2n) is 5.64. The van der Waals surface area contributed by atoms with Crippen LogP contribution in [-0.4, -0.2) is 17.5 Å². The Morgan fingerprint density at radius 1 is 1.41 bits per heavy atom. The zero-order valence-electron chi connectivity index (χ0n) is 14.7. The first-order chi connectivity index (χ1) is 13.0. The van der Waals surface area contributed by atoms with Crippen LogP contribution in [0.3, 0.4) is 0 Å². The number of nitrogen functional groups attached to an aromatic ring is 1. The first kappa shape index (κ1) is 18.6. The smallest absolute Gasteiger partial charge is 0.267 e. The van der Waals surface area contributed by atoms with Crippen LogP contribution in [0.2, 0.25) is 0 Å². The van der Waals surface area contributed by atoms with E-state index in [2.05, 4.69) is 16.9 Å². The van der Waals surface area contributed by atoms with E-state index in [1.54, 1.807) is 18.4 Å². The number of allylic oxidation sites excluding steroid dienone is 1. The lowest BCUT2D eigenvalue weighted by molar-refractivity contribution is 0.103. The third-order valence-electron chi connectivity index (χ3n) is 3.74. The predicted octanol–water partition coefficient (Wildman–Crippen LogP) is 3.01. The molecule has 0 aliphatic heterocycles. The maximum Gasteiger partial charge on any atom is 0.267 e. The third-order valence-corrected chi connectivity index (χ3v) is 4.85. The average Bonchev–Trinajstić information content (AvgIpc) is 2.97. The largest absolute Gasteiger partial charge is 0.501 e. The average molecular weight is 383 g/mol. The molecule has 2 heterocycles. The SMILES string of the molecule is C=c1cc2c(N)c(C(=O)Nc3ccc(F)cc3)sc2nc1=CC=COCC. The maximum absolute atomic E-state index is 13.0. The summed E-state index contributed by atoms with van der Waals surface area (Å²) in [5.41, 5.74) is 6.99. The number of pyridine rings is 1. The van der Waals surface area contributed by atoms with Crippen LogP contribution in [0.1, 0.15) is 16.6 Å². The number of amides is 1. The molecule has 0 fully saturated rings. The summed E-state index contributed by atoms with van der Waals surface area (Å²) in [7, 11) is 0. The molecule has 7 heteroatoms. The number of thiophene rings is 1. The summed E-state index contributed by atoms with van der Waals surface area (Å²) in [5, 5.41) is 4.76. The molecule has 1 amide bonds. The summed E-state index contributed by atoms with van der Waals surface area (Å²) in [6.07, 6.45) is 5.10. The van der Waals surface area contributed by atoms with Crippen molar-refractivity contribution in [2.45, 2.75) is 6.92 Å². The van der Waals surface area contributed by atoms with Crippen LogP contribution in [0, 0.1) is 5.82 Å². The molecule has 0 spiro atoms. The lowest BCUT2D eigenvalue weighted by atomic mass is 10.2. The summed E-state index contributed by atoms with van der Waals surface area (Å²) in [5.74, 6) is -0.738. The van der Waals surface area contributed by atoms with Crippen LogP contribution in [0.25, 0.3) is 22.9 Å². The van der Waals surface area contributed by atoms with Gasteiger partial charge in [0.25, 0.3) is 5.91 Å². The van der Waals surface area contributed by atoms with Gasteiger partial charge in [-0.3, -0.25) is 4.79 Å². The molecule has 0 bridgehead atoms. The number of anilines is 2. The molecule has 2 aromatic heterocycles. The van der Waals surface area contributed by atoms with Gasteiger partial charge >= 0.3 is 0 Å². The Kier molecular flexibility index (Phi) is 5.52. The molecule has 5 nitrogen and oxygen atoms in total. The number of hydrogen-bond acceptors (Lipinski definition) is 5. The Labute approximate surface area is 159 Å². The van der Waals surface area contributed by atoms with Gasteiger partial charge in [-0.05, 0) is 54.6 Å². The predicted molar refractivity (Wildman–Crippen MR) is 108 cm³/mol. The summed E-state index contributed by atoms with van der Waals surface area (Å²) >= 11 is 1.20. The first-order valence-corrected chi connectivity index (χ1v) is 9.04. The number of nitrogens with zero attached hydrogens (tertiary/aromatic N) is 1. The van der Waals surface area contributed by atoms with Gasteiger partial charge in [0.2, 0.25) is 0 Å². The van der Waals surface area contributed by atoms with E-state index in [1.165, 1.54) is 35.6 Å². The number of aromatic nitrogens is 1. The Balaban J connectivity index is 1.95. The van der Waals surface area contributed by atoms with Crippen LogP contribution < -0.4 is 21.6 Å². The van der Waals surface area contributed by atoms with Crippen LogP contribution in [0.15, 0.2) is 42.7 Å². The lowest BCUT2D eigenvalue weighted by Crippen LogP contribution is -2.25. The highest BCUT2D eigenvalue weighted by molar-refractivity contribution is 7.21. The molecule has 0 unspecified atom stereocenters. The number of rotatable bonds is 5. The van der Waals surface area contributed by atoms with Crippen molar-refractivity contribution in [3.8, 4) is 0 Å². The molecule has 0 aliphatic rings. The molecule has 27 heavy (non-hydrogen) atoms. The lowest BCUT2D eigenvalue weighted by Gasteiger charge is -2.04. The van der Waals surface area contributed by atoms with Crippen LogP contribution >= 0.6 is 11.3 Å². The standard InChI is InChI=1S/C20H18FN3O2S/c1-3-26-10-4-5-16-12(2)11-15-17(22)18(27-20(15)24-16)19(25)23-14-8-6-13(21)7-9-14/h4-11H,2-3,22H2,1H3,(H,23,25). The van der Waals surface area contributed by atoms with E-state index in [1.807, 2.05) is 13.0 Å². The van der Waals surface area contributed by atoms with E-state index in [9.17, 15) is 9.18 Å². The van der Waals surface area contributed by atoms with Gasteiger partial charge < -0.3 is 15.8 Å². The molecule has 0 radical (unpaired) electrons. The molecule has 3 N–H and O–H groups in total. The minimum atomic E-state index is -0.372. The van der Waals surface area contributed by atoms with Crippen LogP contribution in [0.4, 0.5) is 15.8 Å². The number of ether oxygens (including phenoxy) is 1. The van der Waals surface area contributed by atoms with E-state index in [4.69, 9.17) is 10.5 Å². The monoisotopic (exact) mass is 383 g/mol. The van der Waals surface area contributed by atoms with Gasteiger partial charge in [0.05, 0.1) is 23.9 Å². The second kappa shape index (κ2) is 8.01. The number of nitrogens with one attached hydrogen (secondary N) is 1. The topological polar surface area (TPSA) is 77.2 Å². The number of hydrogen-bond donors (Lipinski definition) is 2. The number of halogens is 1. The Morgan fingerprint density at radius 2 is 2.15 bits per heavy atom.